The first-order valence-electron chi connectivity index (χ1n) is 8.90. The summed E-state index contributed by atoms with van der Waals surface area (Å²) < 4.78 is 26.9. The molecule has 0 aromatic rings. The molecule has 26 heavy (non-hydrogen) atoms. The maximum absolute atomic E-state index is 11.5. The monoisotopic (exact) mass is 408 g/mol. The van der Waals surface area contributed by atoms with Gasteiger partial charge in [0.2, 0.25) is 0 Å². The third-order valence-corrected chi connectivity index (χ3v) is 7.18. The summed E-state index contributed by atoms with van der Waals surface area (Å²) >= 11 is 0. The van der Waals surface area contributed by atoms with Crippen LogP contribution in [0.3, 0.4) is 0 Å². The maximum atomic E-state index is 11.5. The largest absolute Gasteiger partial charge is 0.340 e. The van der Waals surface area contributed by atoms with Crippen LogP contribution in [0.25, 0.3) is 0 Å². The zero-order valence-electron chi connectivity index (χ0n) is 16.3. The first kappa shape index (κ1) is 25.5. The quantitative estimate of drug-likeness (QED) is 0.215. The highest BCUT2D eigenvalue weighted by Crippen LogP contribution is 2.55. The number of hydrogen-bond donors (Lipinski definition) is 3. The van der Waals surface area contributed by atoms with Crippen LogP contribution in [-0.4, -0.2) is 27.2 Å². The average molecular weight is 408 g/mol. The van der Waals surface area contributed by atoms with Gasteiger partial charge in [0.15, 0.2) is 5.90 Å². The summed E-state index contributed by atoms with van der Waals surface area (Å²) in [5.41, 5.74) is 2.64. The molecular formula is C18H34O6P2. The second kappa shape index (κ2) is 12.8. The molecule has 0 aliphatic carbocycles. The Labute approximate surface area is 157 Å². The molecule has 0 aromatic heterocycles. The molecule has 0 saturated carbocycles. The molecule has 2 atom stereocenters. The van der Waals surface area contributed by atoms with E-state index in [1.165, 1.54) is 11.1 Å². The van der Waals surface area contributed by atoms with Crippen molar-refractivity contribution in [1.82, 2.24) is 0 Å². The maximum Gasteiger partial charge on any atom is 0.340 e. The predicted molar refractivity (Wildman–Crippen MR) is 107 cm³/mol. The molecule has 6 nitrogen and oxygen atoms in total. The van der Waals surface area contributed by atoms with Crippen LogP contribution in [0.4, 0.5) is 0 Å². The SMILES string of the molecule is CC=CC(C)CC(C)=CCCC(C)=CCCCOP(=O)(O)CP(=O)(O)O. The summed E-state index contributed by atoms with van der Waals surface area (Å²) in [6.45, 7) is 8.44. The van der Waals surface area contributed by atoms with Crippen molar-refractivity contribution in [1.29, 1.82) is 0 Å². The molecule has 0 aromatic carbocycles. The van der Waals surface area contributed by atoms with Gasteiger partial charge in [-0.25, -0.2) is 0 Å². The van der Waals surface area contributed by atoms with Gasteiger partial charge in [0.25, 0.3) is 0 Å². The zero-order chi connectivity index (χ0) is 20.2. The van der Waals surface area contributed by atoms with Gasteiger partial charge in [-0.3, -0.25) is 9.13 Å². The minimum atomic E-state index is -4.55. The topological polar surface area (TPSA) is 104 Å². The highest BCUT2D eigenvalue weighted by molar-refractivity contribution is 7.70. The first-order valence-corrected chi connectivity index (χ1v) is 12.5. The smallest absolute Gasteiger partial charge is 0.324 e. The van der Waals surface area contributed by atoms with Crippen molar-refractivity contribution in [2.75, 3.05) is 12.5 Å². The van der Waals surface area contributed by atoms with Gasteiger partial charge in [-0.05, 0) is 58.8 Å². The van der Waals surface area contributed by atoms with Gasteiger partial charge in [-0.1, -0.05) is 42.4 Å². The Morgan fingerprint density at radius 3 is 2.27 bits per heavy atom. The standard InChI is InChI=1S/C18H34O6P2/c1-5-9-17(3)14-18(4)12-8-11-16(2)10-6-7-13-24-26(22,23)15-25(19,20)21/h5,9-10,12,17H,6-8,11,13-15H2,1-4H3,(H,22,23)(H2,19,20,21). The molecule has 0 heterocycles. The van der Waals surface area contributed by atoms with E-state index in [0.717, 1.165) is 19.3 Å². The number of unbranched alkanes of at least 4 members (excludes halogenated alkanes) is 1. The molecule has 0 rings (SSSR count). The van der Waals surface area contributed by atoms with Gasteiger partial charge in [0.1, 0.15) is 0 Å². The van der Waals surface area contributed by atoms with Crippen LogP contribution in [0.5, 0.6) is 0 Å². The van der Waals surface area contributed by atoms with Crippen LogP contribution in [-0.2, 0) is 13.7 Å². The first-order chi connectivity index (χ1) is 11.9. The number of rotatable bonds is 13. The molecular weight excluding hydrogens is 374 g/mol. The van der Waals surface area contributed by atoms with Crippen LogP contribution in [0.2, 0.25) is 0 Å². The molecule has 0 amide bonds. The van der Waals surface area contributed by atoms with Gasteiger partial charge in [-0.2, -0.15) is 0 Å². The van der Waals surface area contributed by atoms with E-state index in [9.17, 15) is 14.0 Å². The van der Waals surface area contributed by atoms with Crippen molar-refractivity contribution in [3.63, 3.8) is 0 Å². The fourth-order valence-electron chi connectivity index (χ4n) is 2.55. The zero-order valence-corrected chi connectivity index (χ0v) is 18.1. The van der Waals surface area contributed by atoms with Crippen molar-refractivity contribution < 1.29 is 28.3 Å². The van der Waals surface area contributed by atoms with Crippen LogP contribution < -0.4 is 0 Å². The van der Waals surface area contributed by atoms with E-state index >= 15 is 0 Å². The van der Waals surface area contributed by atoms with E-state index in [1.807, 2.05) is 6.92 Å². The Morgan fingerprint density at radius 2 is 1.69 bits per heavy atom. The average Bonchev–Trinajstić information content (AvgIpc) is 2.44. The van der Waals surface area contributed by atoms with Gasteiger partial charge in [0.05, 0.1) is 6.61 Å². The molecule has 0 aliphatic rings. The number of hydrogen-bond acceptors (Lipinski definition) is 3. The Hall–Kier alpha value is -0.480. The van der Waals surface area contributed by atoms with E-state index in [1.54, 1.807) is 0 Å². The third-order valence-electron chi connectivity index (χ3n) is 3.69. The minimum Gasteiger partial charge on any atom is -0.324 e. The number of allylic oxidation sites excluding steroid dienone is 6. The van der Waals surface area contributed by atoms with Gasteiger partial charge < -0.3 is 19.2 Å². The molecule has 0 bridgehead atoms. The minimum absolute atomic E-state index is 0.000592. The summed E-state index contributed by atoms with van der Waals surface area (Å²) in [5, 5.41) is 0. The fourth-order valence-corrected chi connectivity index (χ4v) is 5.15. The molecule has 8 heteroatoms. The highest BCUT2D eigenvalue weighted by atomic mass is 31.2. The molecule has 0 fully saturated rings. The lowest BCUT2D eigenvalue weighted by Crippen LogP contribution is -1.97. The lowest BCUT2D eigenvalue weighted by atomic mass is 10.00. The molecule has 0 saturated heterocycles. The van der Waals surface area contributed by atoms with Crippen molar-refractivity contribution in [2.45, 2.75) is 59.8 Å². The van der Waals surface area contributed by atoms with E-state index < -0.39 is 21.1 Å². The van der Waals surface area contributed by atoms with Crippen molar-refractivity contribution in [3.8, 4) is 0 Å². The Kier molecular flexibility index (Phi) is 12.6. The van der Waals surface area contributed by atoms with E-state index in [0.29, 0.717) is 18.8 Å². The normalized spacial score (nSPS) is 17.5. The van der Waals surface area contributed by atoms with Crippen LogP contribution in [0.1, 0.15) is 59.8 Å². The van der Waals surface area contributed by atoms with Crippen molar-refractivity contribution in [3.05, 3.63) is 35.5 Å². The van der Waals surface area contributed by atoms with Gasteiger partial charge in [-0.15, -0.1) is 0 Å². The molecule has 0 aliphatic heterocycles. The van der Waals surface area contributed by atoms with Crippen molar-refractivity contribution in [2.24, 2.45) is 5.92 Å². The molecule has 0 radical (unpaired) electrons. The molecule has 2 unspecified atom stereocenters. The summed E-state index contributed by atoms with van der Waals surface area (Å²) in [6.07, 6.45) is 12.9. The van der Waals surface area contributed by atoms with Crippen LogP contribution in [0.15, 0.2) is 35.5 Å². The Morgan fingerprint density at radius 1 is 1.08 bits per heavy atom. The van der Waals surface area contributed by atoms with E-state index in [-0.39, 0.29) is 6.61 Å². The summed E-state index contributed by atoms with van der Waals surface area (Å²) in [7, 11) is -8.77. The highest BCUT2D eigenvalue weighted by Gasteiger charge is 2.30. The van der Waals surface area contributed by atoms with Gasteiger partial charge >= 0.3 is 15.2 Å². The molecule has 0 spiro atoms. The Bertz CT molecular complexity index is 588. The fraction of sp³-hybridized carbons (Fsp3) is 0.667. The third kappa shape index (κ3) is 15.7. The lowest BCUT2D eigenvalue weighted by Gasteiger charge is -2.12. The lowest BCUT2D eigenvalue weighted by molar-refractivity contribution is 0.257. The van der Waals surface area contributed by atoms with Crippen LogP contribution >= 0.6 is 15.2 Å². The van der Waals surface area contributed by atoms with Gasteiger partial charge in [0, 0.05) is 0 Å². The Balaban J connectivity index is 4.05. The second-order valence-electron chi connectivity index (χ2n) is 6.77. The summed E-state index contributed by atoms with van der Waals surface area (Å²) in [5.74, 6) is -0.575. The predicted octanol–water partition coefficient (Wildman–Crippen LogP) is 5.38. The van der Waals surface area contributed by atoms with E-state index in [2.05, 4.69) is 45.1 Å². The van der Waals surface area contributed by atoms with Crippen molar-refractivity contribution >= 4 is 15.2 Å². The molecule has 152 valence electrons. The van der Waals surface area contributed by atoms with E-state index in [4.69, 9.17) is 14.3 Å². The summed E-state index contributed by atoms with van der Waals surface area (Å²) in [6, 6.07) is 0. The van der Waals surface area contributed by atoms with Crippen LogP contribution in [0, 0.1) is 5.92 Å². The second-order valence-corrected chi connectivity index (χ2v) is 10.8. The molecule has 3 N–H and O–H groups in total. The summed E-state index contributed by atoms with van der Waals surface area (Å²) in [4.78, 5) is 26.8.